The van der Waals surface area contributed by atoms with Gasteiger partial charge in [-0.3, -0.25) is 14.4 Å². The summed E-state index contributed by atoms with van der Waals surface area (Å²) in [4.78, 5) is 39.3. The molecule has 7 heteroatoms. The molecule has 1 saturated heterocycles. The van der Waals surface area contributed by atoms with Crippen LogP contribution in [0.15, 0.2) is 17.5 Å². The molecule has 0 aliphatic carbocycles. The molecule has 2 heterocycles. The Balaban J connectivity index is 1.94. The van der Waals surface area contributed by atoms with Gasteiger partial charge in [0.2, 0.25) is 5.91 Å². The van der Waals surface area contributed by atoms with Crippen molar-refractivity contribution in [3.8, 4) is 0 Å². The minimum Gasteiger partial charge on any atom is -0.466 e. The molecule has 0 aromatic carbocycles. The molecule has 138 valence electrons. The van der Waals surface area contributed by atoms with E-state index in [-0.39, 0.29) is 29.6 Å². The fourth-order valence-corrected chi connectivity index (χ4v) is 3.55. The van der Waals surface area contributed by atoms with Crippen LogP contribution in [0.5, 0.6) is 0 Å². The second kappa shape index (κ2) is 8.99. The number of ether oxygens (including phenoxy) is 1. The molecule has 0 saturated carbocycles. The van der Waals surface area contributed by atoms with Crippen molar-refractivity contribution >= 4 is 29.1 Å². The Kier molecular flexibility index (Phi) is 6.99. The quantitative estimate of drug-likeness (QED) is 0.784. The molecule has 2 amide bonds. The highest BCUT2D eigenvalue weighted by molar-refractivity contribution is 7.12. The van der Waals surface area contributed by atoms with Gasteiger partial charge in [0, 0.05) is 13.1 Å². The van der Waals surface area contributed by atoms with Crippen molar-refractivity contribution in [1.82, 2.24) is 10.2 Å². The van der Waals surface area contributed by atoms with Gasteiger partial charge in [-0.1, -0.05) is 19.9 Å². The average molecular weight is 366 g/mol. The second-order valence-electron chi connectivity index (χ2n) is 6.52. The fraction of sp³-hybridized carbons (Fsp3) is 0.611. The summed E-state index contributed by atoms with van der Waals surface area (Å²) in [6.07, 6.45) is 1.21. The summed E-state index contributed by atoms with van der Waals surface area (Å²) in [5.74, 6) is -0.631. The summed E-state index contributed by atoms with van der Waals surface area (Å²) in [7, 11) is 0. The van der Waals surface area contributed by atoms with Gasteiger partial charge >= 0.3 is 5.97 Å². The molecule has 1 atom stereocenters. The van der Waals surface area contributed by atoms with Gasteiger partial charge in [0.25, 0.3) is 5.91 Å². The number of nitrogens with one attached hydrogen (secondary N) is 1. The molecule has 1 aliphatic heterocycles. The number of nitrogens with zero attached hydrogens (tertiary/aromatic N) is 1. The lowest BCUT2D eigenvalue weighted by Crippen LogP contribution is -2.53. The predicted molar refractivity (Wildman–Crippen MR) is 96.3 cm³/mol. The Morgan fingerprint density at radius 2 is 2.00 bits per heavy atom. The minimum atomic E-state index is -0.561. The van der Waals surface area contributed by atoms with E-state index in [4.69, 9.17) is 4.74 Å². The molecule has 1 aliphatic rings. The second-order valence-corrected chi connectivity index (χ2v) is 7.47. The Hall–Kier alpha value is -1.89. The number of likely N-dealkylation sites (tertiary alicyclic amines) is 1. The van der Waals surface area contributed by atoms with Crippen molar-refractivity contribution in [2.24, 2.45) is 11.8 Å². The third-order valence-corrected chi connectivity index (χ3v) is 5.26. The number of carbonyl (C=O) groups excluding carboxylic acids is 3. The maximum Gasteiger partial charge on any atom is 0.309 e. The van der Waals surface area contributed by atoms with E-state index in [9.17, 15) is 14.4 Å². The molecule has 6 nitrogen and oxygen atoms in total. The van der Waals surface area contributed by atoms with E-state index in [1.54, 1.807) is 17.9 Å². The lowest BCUT2D eigenvalue weighted by Gasteiger charge is -2.34. The number of carbonyl (C=O) groups is 3. The van der Waals surface area contributed by atoms with Crippen molar-refractivity contribution < 1.29 is 19.1 Å². The van der Waals surface area contributed by atoms with Crippen molar-refractivity contribution in [2.75, 3.05) is 19.7 Å². The van der Waals surface area contributed by atoms with E-state index < -0.39 is 6.04 Å². The van der Waals surface area contributed by atoms with Crippen molar-refractivity contribution in [1.29, 1.82) is 0 Å². The molecule has 2 rings (SSSR count). The summed E-state index contributed by atoms with van der Waals surface area (Å²) < 4.78 is 5.06. The number of hydrogen-bond acceptors (Lipinski definition) is 5. The first-order valence-corrected chi connectivity index (χ1v) is 9.61. The molecule has 1 aromatic heterocycles. The molecule has 1 aromatic rings. The third-order valence-electron chi connectivity index (χ3n) is 4.39. The Morgan fingerprint density at radius 3 is 2.52 bits per heavy atom. The van der Waals surface area contributed by atoms with Crippen LogP contribution in [0.2, 0.25) is 0 Å². The Labute approximate surface area is 152 Å². The topological polar surface area (TPSA) is 75.7 Å². The lowest BCUT2D eigenvalue weighted by molar-refractivity contribution is -0.151. The van der Waals surface area contributed by atoms with Crippen LogP contribution < -0.4 is 5.32 Å². The average Bonchev–Trinajstić information content (AvgIpc) is 3.13. The first-order valence-electron chi connectivity index (χ1n) is 8.73. The van der Waals surface area contributed by atoms with Crippen LogP contribution in [0.1, 0.15) is 43.3 Å². The molecule has 1 unspecified atom stereocenters. The highest BCUT2D eigenvalue weighted by Crippen LogP contribution is 2.20. The fourth-order valence-electron chi connectivity index (χ4n) is 2.93. The van der Waals surface area contributed by atoms with Crippen molar-refractivity contribution in [2.45, 2.75) is 39.7 Å². The van der Waals surface area contributed by atoms with E-state index >= 15 is 0 Å². The van der Waals surface area contributed by atoms with Crippen LogP contribution in [-0.4, -0.2) is 48.4 Å². The van der Waals surface area contributed by atoms with Crippen LogP contribution in [-0.2, 0) is 14.3 Å². The third kappa shape index (κ3) is 5.04. The molecule has 0 bridgehead atoms. The first-order chi connectivity index (χ1) is 11.9. The molecule has 1 fully saturated rings. The normalized spacial score (nSPS) is 16.6. The van der Waals surface area contributed by atoms with E-state index in [2.05, 4.69) is 5.32 Å². The number of thiophene rings is 1. The van der Waals surface area contributed by atoms with Crippen LogP contribution in [0, 0.1) is 11.8 Å². The Bertz CT molecular complexity index is 592. The van der Waals surface area contributed by atoms with Gasteiger partial charge in [-0.05, 0) is 37.1 Å². The minimum absolute atomic E-state index is 0.0146. The zero-order valence-electron chi connectivity index (χ0n) is 15.0. The number of piperidine rings is 1. The van der Waals surface area contributed by atoms with Crippen LogP contribution in [0.3, 0.4) is 0 Å². The molecule has 25 heavy (non-hydrogen) atoms. The maximum atomic E-state index is 12.8. The lowest BCUT2D eigenvalue weighted by atomic mass is 9.95. The largest absolute Gasteiger partial charge is 0.466 e. The number of hydrogen-bond donors (Lipinski definition) is 1. The van der Waals surface area contributed by atoms with Crippen molar-refractivity contribution in [3.05, 3.63) is 22.4 Å². The van der Waals surface area contributed by atoms with Crippen molar-refractivity contribution in [3.63, 3.8) is 0 Å². The van der Waals surface area contributed by atoms with Crippen LogP contribution in [0.4, 0.5) is 0 Å². The van der Waals surface area contributed by atoms with Crippen LogP contribution in [0.25, 0.3) is 0 Å². The standard InChI is InChI=1S/C18H26N2O4S/c1-4-24-18(23)13-7-9-20(10-8-13)17(22)15(12(2)3)19-16(21)14-6-5-11-25-14/h5-6,11-13,15H,4,7-10H2,1-3H3,(H,19,21). The molecular formula is C18H26N2O4S. The molecule has 0 radical (unpaired) electrons. The van der Waals surface area contributed by atoms with E-state index in [1.165, 1.54) is 11.3 Å². The predicted octanol–water partition coefficient (Wildman–Crippen LogP) is 2.30. The molecule has 1 N–H and O–H groups in total. The highest BCUT2D eigenvalue weighted by Gasteiger charge is 2.33. The first kappa shape index (κ1) is 19.4. The van der Waals surface area contributed by atoms with Gasteiger partial charge < -0.3 is 15.0 Å². The van der Waals surface area contributed by atoms with Gasteiger partial charge in [-0.2, -0.15) is 0 Å². The summed E-state index contributed by atoms with van der Waals surface area (Å²) in [5, 5.41) is 4.69. The summed E-state index contributed by atoms with van der Waals surface area (Å²) in [6, 6.07) is 2.99. The van der Waals surface area contributed by atoms with Crippen LogP contribution >= 0.6 is 11.3 Å². The summed E-state index contributed by atoms with van der Waals surface area (Å²) in [6.45, 7) is 7.04. The zero-order valence-corrected chi connectivity index (χ0v) is 15.8. The van der Waals surface area contributed by atoms with E-state index in [1.807, 2.05) is 25.3 Å². The van der Waals surface area contributed by atoms with E-state index in [0.29, 0.717) is 37.4 Å². The zero-order chi connectivity index (χ0) is 18.4. The molecular weight excluding hydrogens is 340 g/mol. The van der Waals surface area contributed by atoms with Gasteiger partial charge in [0.1, 0.15) is 6.04 Å². The summed E-state index contributed by atoms with van der Waals surface area (Å²) >= 11 is 1.35. The number of esters is 1. The number of rotatable bonds is 6. The van der Waals surface area contributed by atoms with E-state index in [0.717, 1.165) is 0 Å². The molecule has 0 spiro atoms. The SMILES string of the molecule is CCOC(=O)C1CCN(C(=O)C(NC(=O)c2cccs2)C(C)C)CC1. The highest BCUT2D eigenvalue weighted by atomic mass is 32.1. The van der Waals surface area contributed by atoms with Gasteiger partial charge in [0.15, 0.2) is 0 Å². The number of amides is 2. The Morgan fingerprint density at radius 1 is 1.32 bits per heavy atom. The van der Waals surface area contributed by atoms with Gasteiger partial charge in [-0.25, -0.2) is 0 Å². The monoisotopic (exact) mass is 366 g/mol. The maximum absolute atomic E-state index is 12.8. The van der Waals surface area contributed by atoms with Gasteiger partial charge in [0.05, 0.1) is 17.4 Å². The van der Waals surface area contributed by atoms with Gasteiger partial charge in [-0.15, -0.1) is 11.3 Å². The summed E-state index contributed by atoms with van der Waals surface area (Å²) in [5.41, 5.74) is 0. The smallest absolute Gasteiger partial charge is 0.309 e.